The number of likely N-dealkylation sites (tertiary alicyclic amines) is 1. The molecule has 1 unspecified atom stereocenters. The molecule has 0 aliphatic carbocycles. The quantitative estimate of drug-likeness (QED) is 0.614. The first-order valence-electron chi connectivity index (χ1n) is 10.4. The molecule has 1 saturated heterocycles. The molecular weight excluding hydrogens is 362 g/mol. The van der Waals surface area contributed by atoms with Gasteiger partial charge in [0.1, 0.15) is 5.75 Å². The maximum atomic E-state index is 13.2. The molecule has 29 heavy (non-hydrogen) atoms. The van der Waals surface area contributed by atoms with Crippen molar-refractivity contribution in [3.63, 3.8) is 0 Å². The maximum Gasteiger partial charge on any atom is 0.167 e. The summed E-state index contributed by atoms with van der Waals surface area (Å²) in [5.74, 6) is 1.55. The molecule has 5 nitrogen and oxygen atoms in total. The summed E-state index contributed by atoms with van der Waals surface area (Å²) in [5.41, 5.74) is 3.03. The number of benzene rings is 2. The summed E-state index contributed by atoms with van der Waals surface area (Å²) in [6.07, 6.45) is 2.00. The lowest BCUT2D eigenvalue weighted by atomic mass is 9.89. The molecule has 3 aromatic rings. The second kappa shape index (κ2) is 8.37. The van der Waals surface area contributed by atoms with Crippen molar-refractivity contribution in [3.05, 3.63) is 59.4 Å². The van der Waals surface area contributed by atoms with Crippen molar-refractivity contribution in [2.24, 2.45) is 5.92 Å². The van der Waals surface area contributed by atoms with Crippen molar-refractivity contribution in [2.45, 2.75) is 39.2 Å². The van der Waals surface area contributed by atoms with Gasteiger partial charge in [-0.15, -0.1) is 0 Å². The normalized spacial score (nSPS) is 17.7. The van der Waals surface area contributed by atoms with Crippen molar-refractivity contribution in [1.29, 1.82) is 0 Å². The Morgan fingerprint density at radius 1 is 1.21 bits per heavy atom. The topological polar surface area (TPSA) is 58.2 Å². The Hall–Kier alpha value is -2.66. The van der Waals surface area contributed by atoms with E-state index >= 15 is 0 Å². The van der Waals surface area contributed by atoms with Gasteiger partial charge in [-0.25, -0.2) is 0 Å². The largest absolute Gasteiger partial charge is 0.497 e. The minimum Gasteiger partial charge on any atom is -0.497 e. The van der Waals surface area contributed by atoms with Crippen molar-refractivity contribution >= 4 is 16.6 Å². The summed E-state index contributed by atoms with van der Waals surface area (Å²) in [7, 11) is 1.67. The molecule has 1 aliphatic rings. The molecule has 2 aromatic carbocycles. The van der Waals surface area contributed by atoms with Crippen molar-refractivity contribution in [3.8, 4) is 5.75 Å². The number of aromatic nitrogens is 2. The third-order valence-corrected chi connectivity index (χ3v) is 5.84. The summed E-state index contributed by atoms with van der Waals surface area (Å²) in [6, 6.07) is 14.1. The van der Waals surface area contributed by atoms with Gasteiger partial charge in [-0.3, -0.25) is 14.8 Å². The summed E-state index contributed by atoms with van der Waals surface area (Å²) in [6.45, 7) is 6.94. The van der Waals surface area contributed by atoms with Gasteiger partial charge in [-0.2, -0.15) is 5.10 Å². The van der Waals surface area contributed by atoms with Crippen LogP contribution in [0.15, 0.2) is 42.5 Å². The van der Waals surface area contributed by atoms with Crippen LogP contribution < -0.4 is 4.74 Å². The van der Waals surface area contributed by atoms with Gasteiger partial charge in [0.15, 0.2) is 5.78 Å². The number of nitrogens with one attached hydrogen (secondary N) is 1. The van der Waals surface area contributed by atoms with Gasteiger partial charge in [0.2, 0.25) is 0 Å². The molecule has 1 N–H and O–H groups in total. The predicted molar refractivity (Wildman–Crippen MR) is 116 cm³/mol. The Labute approximate surface area is 172 Å². The SMILES string of the molecule is COc1ccc2cc(C(=O)C3CCCN(Cc4cc(C(C)C)n[nH]4)C3)ccc2c1. The Morgan fingerprint density at radius 3 is 2.76 bits per heavy atom. The first-order chi connectivity index (χ1) is 14.0. The number of Topliss-reactive ketones (excluding diaryl/α,β-unsaturated/α-hetero) is 1. The van der Waals surface area contributed by atoms with E-state index in [1.165, 1.54) is 0 Å². The van der Waals surface area contributed by atoms with Gasteiger partial charge < -0.3 is 4.74 Å². The zero-order valence-electron chi connectivity index (χ0n) is 17.4. The number of carbonyl (C=O) groups is 1. The van der Waals surface area contributed by atoms with Crippen LogP contribution in [0.1, 0.15) is 54.4 Å². The lowest BCUT2D eigenvalue weighted by Crippen LogP contribution is -2.38. The Morgan fingerprint density at radius 2 is 2.00 bits per heavy atom. The van der Waals surface area contributed by atoms with Gasteiger partial charge in [-0.05, 0) is 60.3 Å². The van der Waals surface area contributed by atoms with Gasteiger partial charge in [-0.1, -0.05) is 32.0 Å². The molecular formula is C24H29N3O2. The van der Waals surface area contributed by atoms with Gasteiger partial charge in [0, 0.05) is 30.3 Å². The summed E-state index contributed by atoms with van der Waals surface area (Å²) < 4.78 is 5.29. The summed E-state index contributed by atoms with van der Waals surface area (Å²) >= 11 is 0. The number of hydrogen-bond acceptors (Lipinski definition) is 4. The fourth-order valence-corrected chi connectivity index (χ4v) is 4.15. The number of fused-ring (bicyclic) bond motifs is 1. The number of piperidine rings is 1. The van der Waals surface area contributed by atoms with Crippen molar-refractivity contribution < 1.29 is 9.53 Å². The number of carbonyl (C=O) groups excluding carboxylic acids is 1. The van der Waals surface area contributed by atoms with E-state index in [1.807, 2.05) is 36.4 Å². The molecule has 0 amide bonds. The van der Waals surface area contributed by atoms with Crippen LogP contribution in [-0.2, 0) is 6.54 Å². The van der Waals surface area contributed by atoms with E-state index in [9.17, 15) is 4.79 Å². The van der Waals surface area contributed by atoms with Crippen molar-refractivity contribution in [2.75, 3.05) is 20.2 Å². The first-order valence-corrected chi connectivity index (χ1v) is 10.4. The minimum atomic E-state index is 0.0481. The monoisotopic (exact) mass is 391 g/mol. The average molecular weight is 392 g/mol. The highest BCUT2D eigenvalue weighted by atomic mass is 16.5. The second-order valence-electron chi connectivity index (χ2n) is 8.34. The first kappa shape index (κ1) is 19.6. The van der Waals surface area contributed by atoms with Crippen LogP contribution in [-0.4, -0.2) is 41.1 Å². The molecule has 1 atom stereocenters. The number of ether oxygens (including phenoxy) is 1. The number of aromatic amines is 1. The van der Waals surface area contributed by atoms with E-state index < -0.39 is 0 Å². The third-order valence-electron chi connectivity index (χ3n) is 5.84. The van der Waals surface area contributed by atoms with Crippen LogP contribution in [0.5, 0.6) is 5.75 Å². The average Bonchev–Trinajstić information content (AvgIpc) is 3.21. The van der Waals surface area contributed by atoms with Gasteiger partial charge in [0.25, 0.3) is 0 Å². The minimum absolute atomic E-state index is 0.0481. The van der Waals surface area contributed by atoms with E-state index in [0.29, 0.717) is 5.92 Å². The van der Waals surface area contributed by atoms with Crippen LogP contribution in [0.2, 0.25) is 0 Å². The fourth-order valence-electron chi connectivity index (χ4n) is 4.15. The summed E-state index contributed by atoms with van der Waals surface area (Å²) in [5, 5.41) is 9.71. The van der Waals surface area contributed by atoms with Crippen LogP contribution in [0, 0.1) is 5.92 Å². The molecule has 0 bridgehead atoms. The zero-order chi connectivity index (χ0) is 20.4. The highest BCUT2D eigenvalue weighted by Gasteiger charge is 2.27. The molecule has 5 heteroatoms. The standard InChI is InChI=1S/C24H29N3O2/c1-16(2)23-13-21(25-26-23)15-27-10-4-5-20(14-27)24(28)19-7-6-18-12-22(29-3)9-8-17(18)11-19/h6-9,11-13,16,20H,4-5,10,14-15H2,1-3H3,(H,25,26). The molecule has 4 rings (SSSR count). The van der Waals surface area contributed by atoms with Crippen LogP contribution >= 0.6 is 0 Å². The lowest BCUT2D eigenvalue weighted by Gasteiger charge is -2.31. The number of nitrogens with zero attached hydrogens (tertiary/aromatic N) is 2. The van der Waals surface area contributed by atoms with Crippen LogP contribution in [0.3, 0.4) is 0 Å². The van der Waals surface area contributed by atoms with Crippen LogP contribution in [0.4, 0.5) is 0 Å². The number of hydrogen-bond donors (Lipinski definition) is 1. The Balaban J connectivity index is 1.45. The molecule has 1 aliphatic heterocycles. The Bertz CT molecular complexity index is 1010. The predicted octanol–water partition coefficient (Wildman–Crippen LogP) is 4.79. The van der Waals surface area contributed by atoms with Gasteiger partial charge in [0.05, 0.1) is 12.8 Å². The molecule has 0 radical (unpaired) electrons. The number of H-pyrrole nitrogens is 1. The molecule has 0 spiro atoms. The highest BCUT2D eigenvalue weighted by Crippen LogP contribution is 2.26. The highest BCUT2D eigenvalue weighted by molar-refractivity contribution is 6.01. The second-order valence-corrected chi connectivity index (χ2v) is 8.34. The van der Waals surface area contributed by atoms with E-state index in [1.54, 1.807) is 7.11 Å². The maximum absolute atomic E-state index is 13.2. The van der Waals surface area contributed by atoms with Gasteiger partial charge >= 0.3 is 0 Å². The summed E-state index contributed by atoms with van der Waals surface area (Å²) in [4.78, 5) is 15.6. The molecule has 0 saturated carbocycles. The zero-order valence-corrected chi connectivity index (χ0v) is 17.4. The molecule has 1 fully saturated rings. The van der Waals surface area contributed by atoms with Crippen LogP contribution in [0.25, 0.3) is 10.8 Å². The third kappa shape index (κ3) is 4.35. The number of rotatable bonds is 6. The smallest absolute Gasteiger partial charge is 0.167 e. The fraction of sp³-hybridized carbons (Fsp3) is 0.417. The number of ketones is 1. The molecule has 1 aromatic heterocycles. The lowest BCUT2D eigenvalue weighted by molar-refractivity contribution is 0.0810. The van der Waals surface area contributed by atoms with E-state index in [2.05, 4.69) is 35.0 Å². The van der Waals surface area contributed by atoms with Crippen molar-refractivity contribution in [1.82, 2.24) is 15.1 Å². The number of methoxy groups -OCH3 is 1. The molecule has 2 heterocycles. The van der Waals surface area contributed by atoms with E-state index in [0.717, 1.165) is 65.9 Å². The van der Waals surface area contributed by atoms with E-state index in [4.69, 9.17) is 4.74 Å². The Kier molecular flexibility index (Phi) is 5.67. The van der Waals surface area contributed by atoms with E-state index in [-0.39, 0.29) is 11.7 Å². The molecule has 152 valence electrons.